The zero-order valence-corrected chi connectivity index (χ0v) is 11.2. The fourth-order valence-electron chi connectivity index (χ4n) is 2.83. The molecule has 7 nitrogen and oxygen atoms in total. The molecule has 0 saturated carbocycles. The zero-order valence-electron chi connectivity index (χ0n) is 11.2. The molecule has 0 saturated heterocycles. The molecule has 0 aromatic carbocycles. The van der Waals surface area contributed by atoms with Crippen LogP contribution < -0.4 is 11.5 Å². The van der Waals surface area contributed by atoms with Crippen molar-refractivity contribution in [2.45, 2.75) is 18.3 Å². The molecule has 108 valence electrons. The predicted octanol–water partition coefficient (Wildman–Crippen LogP) is -0.310. The largest absolute Gasteiger partial charge is 0.492 e. The molecule has 7 heteroatoms. The van der Waals surface area contributed by atoms with Gasteiger partial charge in [0.2, 0.25) is 5.91 Å². The lowest BCUT2D eigenvalue weighted by molar-refractivity contribution is -0.122. The van der Waals surface area contributed by atoms with Crippen molar-refractivity contribution in [3.8, 4) is 0 Å². The first-order valence-electron chi connectivity index (χ1n) is 6.48. The van der Waals surface area contributed by atoms with Gasteiger partial charge in [0.1, 0.15) is 12.1 Å². The highest BCUT2D eigenvalue weighted by molar-refractivity contribution is 6.00. The highest BCUT2D eigenvalue weighted by Gasteiger charge is 2.44. The predicted molar refractivity (Wildman–Crippen MR) is 72.4 cm³/mol. The number of carbonyl (C=O) groups is 2. The van der Waals surface area contributed by atoms with E-state index in [0.717, 1.165) is 5.57 Å². The number of rotatable bonds is 3. The summed E-state index contributed by atoms with van der Waals surface area (Å²) in [6.45, 7) is 0.468. The van der Waals surface area contributed by atoms with Crippen LogP contribution in [0.15, 0.2) is 41.7 Å². The topological polar surface area (TPSA) is 121 Å². The molecule has 1 aromatic rings. The van der Waals surface area contributed by atoms with Crippen LogP contribution >= 0.6 is 0 Å². The maximum Gasteiger partial charge on any atom is 0.252 e. The first kappa shape index (κ1) is 13.3. The number of hydrogen-bond donors (Lipinski definition) is 2. The first-order chi connectivity index (χ1) is 10.0. The van der Waals surface area contributed by atoms with E-state index in [1.165, 1.54) is 24.8 Å². The maximum atomic E-state index is 12.1. The molecule has 2 aliphatic rings. The molecule has 3 rings (SSSR count). The van der Waals surface area contributed by atoms with Gasteiger partial charge in [-0.3, -0.25) is 9.59 Å². The van der Waals surface area contributed by atoms with Crippen molar-refractivity contribution in [2.75, 3.05) is 6.61 Å². The number of nitrogens with zero attached hydrogens (tertiary/aromatic N) is 2. The van der Waals surface area contributed by atoms with Crippen molar-refractivity contribution in [2.24, 2.45) is 11.5 Å². The fourth-order valence-corrected chi connectivity index (χ4v) is 2.83. The summed E-state index contributed by atoms with van der Waals surface area (Å²) in [6, 6.07) is 0. The number of ether oxygens (including phenoxy) is 1. The van der Waals surface area contributed by atoms with Crippen LogP contribution in [0.2, 0.25) is 0 Å². The Morgan fingerprint density at radius 1 is 1.24 bits per heavy atom. The van der Waals surface area contributed by atoms with Crippen molar-refractivity contribution < 1.29 is 14.3 Å². The zero-order chi connectivity index (χ0) is 15.0. The van der Waals surface area contributed by atoms with Gasteiger partial charge in [0.05, 0.1) is 17.6 Å². The molecule has 0 radical (unpaired) electrons. The van der Waals surface area contributed by atoms with Crippen molar-refractivity contribution in [1.29, 1.82) is 0 Å². The minimum atomic E-state index is -1.17. The maximum absolute atomic E-state index is 12.1. The lowest BCUT2D eigenvalue weighted by Gasteiger charge is -2.31. The number of amides is 2. The molecule has 1 aliphatic heterocycles. The smallest absolute Gasteiger partial charge is 0.252 e. The molecule has 2 heterocycles. The van der Waals surface area contributed by atoms with Gasteiger partial charge in [-0.1, -0.05) is 0 Å². The summed E-state index contributed by atoms with van der Waals surface area (Å²) in [5.74, 6) is -0.739. The summed E-state index contributed by atoms with van der Waals surface area (Å²) in [5.41, 5.74) is 11.5. The van der Waals surface area contributed by atoms with Gasteiger partial charge in [0.15, 0.2) is 0 Å². The summed E-state index contributed by atoms with van der Waals surface area (Å²) in [5, 5.41) is 0. The normalized spacial score (nSPS) is 24.1. The van der Waals surface area contributed by atoms with E-state index in [2.05, 4.69) is 9.97 Å². The quantitative estimate of drug-likeness (QED) is 0.789. The highest BCUT2D eigenvalue weighted by Crippen LogP contribution is 2.43. The molecule has 1 aliphatic carbocycles. The number of primary amides is 2. The third-order valence-corrected chi connectivity index (χ3v) is 3.88. The second-order valence-electron chi connectivity index (χ2n) is 5.09. The minimum absolute atomic E-state index is 0.191. The molecule has 1 unspecified atom stereocenters. The van der Waals surface area contributed by atoms with E-state index in [1.54, 1.807) is 0 Å². The molecule has 0 spiro atoms. The Bertz CT molecular complexity index is 681. The van der Waals surface area contributed by atoms with Gasteiger partial charge in [0.25, 0.3) is 5.91 Å². The van der Waals surface area contributed by atoms with E-state index in [-0.39, 0.29) is 5.57 Å². The fraction of sp³-hybridized carbons (Fsp3) is 0.286. The van der Waals surface area contributed by atoms with Crippen molar-refractivity contribution in [3.05, 3.63) is 47.3 Å². The Balaban J connectivity index is 2.19. The Kier molecular flexibility index (Phi) is 2.97. The second kappa shape index (κ2) is 4.69. The van der Waals surface area contributed by atoms with Crippen LogP contribution in [-0.4, -0.2) is 28.4 Å². The van der Waals surface area contributed by atoms with Crippen LogP contribution in [0.25, 0.3) is 0 Å². The van der Waals surface area contributed by atoms with Gasteiger partial charge >= 0.3 is 0 Å². The monoisotopic (exact) mass is 286 g/mol. The average molecular weight is 286 g/mol. The van der Waals surface area contributed by atoms with E-state index >= 15 is 0 Å². The summed E-state index contributed by atoms with van der Waals surface area (Å²) in [6.07, 6.45) is 6.89. The van der Waals surface area contributed by atoms with E-state index in [0.29, 0.717) is 30.8 Å². The SMILES string of the molecule is NC(=O)C1=CC(C(N)=O)(c2cncnc2)CC2=C1OCC2. The van der Waals surface area contributed by atoms with E-state index in [9.17, 15) is 9.59 Å². The van der Waals surface area contributed by atoms with Gasteiger partial charge in [0, 0.05) is 24.4 Å². The van der Waals surface area contributed by atoms with Crippen LogP contribution in [0.5, 0.6) is 0 Å². The van der Waals surface area contributed by atoms with Crippen LogP contribution in [-0.2, 0) is 19.7 Å². The Morgan fingerprint density at radius 3 is 2.57 bits per heavy atom. The first-order valence-corrected chi connectivity index (χ1v) is 6.48. The Labute approximate surface area is 120 Å². The molecule has 21 heavy (non-hydrogen) atoms. The van der Waals surface area contributed by atoms with Crippen LogP contribution in [0.3, 0.4) is 0 Å². The highest BCUT2D eigenvalue weighted by atomic mass is 16.5. The van der Waals surface area contributed by atoms with Crippen LogP contribution in [0, 0.1) is 0 Å². The third-order valence-electron chi connectivity index (χ3n) is 3.88. The van der Waals surface area contributed by atoms with Gasteiger partial charge < -0.3 is 16.2 Å². The molecule has 1 aromatic heterocycles. The van der Waals surface area contributed by atoms with Gasteiger partial charge in [-0.25, -0.2) is 9.97 Å². The van der Waals surface area contributed by atoms with Gasteiger partial charge in [-0.2, -0.15) is 0 Å². The van der Waals surface area contributed by atoms with Crippen LogP contribution in [0.4, 0.5) is 0 Å². The summed E-state index contributed by atoms with van der Waals surface area (Å²) >= 11 is 0. The molecule has 4 N–H and O–H groups in total. The Morgan fingerprint density at radius 2 is 1.95 bits per heavy atom. The number of carbonyl (C=O) groups excluding carboxylic acids is 2. The summed E-state index contributed by atoms with van der Waals surface area (Å²) in [4.78, 5) is 31.7. The molecular weight excluding hydrogens is 272 g/mol. The van der Waals surface area contributed by atoms with Crippen molar-refractivity contribution in [1.82, 2.24) is 9.97 Å². The lowest BCUT2D eigenvalue weighted by Crippen LogP contribution is -2.43. The molecule has 0 bridgehead atoms. The number of aromatic nitrogens is 2. The minimum Gasteiger partial charge on any atom is -0.492 e. The number of hydrogen-bond acceptors (Lipinski definition) is 5. The van der Waals surface area contributed by atoms with E-state index < -0.39 is 17.2 Å². The molecular formula is C14H14N4O3. The van der Waals surface area contributed by atoms with E-state index in [4.69, 9.17) is 16.2 Å². The number of nitrogens with two attached hydrogens (primary N) is 2. The third kappa shape index (κ3) is 1.97. The van der Waals surface area contributed by atoms with Crippen molar-refractivity contribution >= 4 is 11.8 Å². The Hall–Kier alpha value is -2.70. The van der Waals surface area contributed by atoms with Gasteiger partial charge in [-0.15, -0.1) is 0 Å². The van der Waals surface area contributed by atoms with Crippen molar-refractivity contribution in [3.63, 3.8) is 0 Å². The second-order valence-corrected chi connectivity index (χ2v) is 5.09. The standard InChI is InChI=1S/C14H14N4O3/c15-12(19)10-4-14(13(16)20,9-5-17-7-18-6-9)3-8-1-2-21-11(8)10/h4-7H,1-3H2,(H2,15,19)(H2,16,20). The lowest BCUT2D eigenvalue weighted by atomic mass is 9.71. The molecule has 1 atom stereocenters. The molecule has 0 fully saturated rings. The van der Waals surface area contributed by atoms with E-state index in [1.807, 2.05) is 0 Å². The molecule has 2 amide bonds. The van der Waals surface area contributed by atoms with Gasteiger partial charge in [-0.05, 0) is 18.1 Å². The summed E-state index contributed by atoms with van der Waals surface area (Å²) < 4.78 is 5.47. The average Bonchev–Trinajstić information content (AvgIpc) is 2.94. The van der Waals surface area contributed by atoms with Crippen LogP contribution in [0.1, 0.15) is 18.4 Å². The summed E-state index contributed by atoms with van der Waals surface area (Å²) in [7, 11) is 0.